The van der Waals surface area contributed by atoms with E-state index in [0.29, 0.717) is 52.1 Å². The van der Waals surface area contributed by atoms with Crippen molar-refractivity contribution in [3.63, 3.8) is 0 Å². The molecule has 1 aliphatic rings. The van der Waals surface area contributed by atoms with Crippen molar-refractivity contribution in [2.24, 2.45) is 0 Å². The molecule has 148 valence electrons. The monoisotopic (exact) mass is 392 g/mol. The van der Waals surface area contributed by atoms with E-state index in [1.54, 1.807) is 42.5 Å². The fourth-order valence-corrected chi connectivity index (χ4v) is 3.33. The van der Waals surface area contributed by atoms with Crippen molar-refractivity contribution >= 4 is 0 Å². The predicted octanol–water partition coefficient (Wildman–Crippen LogP) is 4.73. The summed E-state index contributed by atoms with van der Waals surface area (Å²) in [5.41, 5.74) is 2.54. The van der Waals surface area contributed by atoms with Crippen LogP contribution in [0.4, 0.5) is 0 Å². The molecule has 0 atom stereocenters. The molecule has 29 heavy (non-hydrogen) atoms. The molecule has 0 aromatic heterocycles. The Morgan fingerprint density at radius 3 is 2.31 bits per heavy atom. The number of rotatable bonds is 4. The summed E-state index contributed by atoms with van der Waals surface area (Å²) < 4.78 is 22.3. The lowest BCUT2D eigenvalue weighted by atomic mass is 9.96. The van der Waals surface area contributed by atoms with E-state index in [1.807, 2.05) is 6.07 Å². The van der Waals surface area contributed by atoms with Crippen molar-refractivity contribution in [3.8, 4) is 56.8 Å². The Balaban J connectivity index is 1.89. The summed E-state index contributed by atoms with van der Waals surface area (Å²) in [5, 5.41) is 20.6. The average Bonchev–Trinajstić information content (AvgIpc) is 2.73. The molecule has 1 aliphatic heterocycles. The van der Waals surface area contributed by atoms with E-state index in [4.69, 9.17) is 18.9 Å². The maximum absolute atomic E-state index is 11.1. The summed E-state index contributed by atoms with van der Waals surface area (Å²) >= 11 is 0. The van der Waals surface area contributed by atoms with Gasteiger partial charge < -0.3 is 29.2 Å². The normalized spacial score (nSPS) is 12.6. The first-order chi connectivity index (χ1) is 14.0. The quantitative estimate of drug-likeness (QED) is 0.668. The van der Waals surface area contributed by atoms with E-state index in [0.717, 1.165) is 5.56 Å². The van der Waals surface area contributed by atoms with Crippen LogP contribution in [0, 0.1) is 0 Å². The molecule has 6 nitrogen and oxygen atoms in total. The minimum Gasteiger partial charge on any atom is -0.508 e. The van der Waals surface area contributed by atoms with Crippen LogP contribution in [-0.2, 0) is 0 Å². The smallest absolute Gasteiger partial charge is 0.170 e. The van der Waals surface area contributed by atoms with Crippen LogP contribution in [0.5, 0.6) is 34.5 Å². The first-order valence-corrected chi connectivity index (χ1v) is 8.92. The molecular weight excluding hydrogens is 372 g/mol. The summed E-state index contributed by atoms with van der Waals surface area (Å²) in [7, 11) is 3.02. The molecule has 0 saturated heterocycles. The van der Waals surface area contributed by atoms with Gasteiger partial charge >= 0.3 is 0 Å². The number of phenolic OH excluding ortho intramolecular Hbond substituents is 2. The van der Waals surface area contributed by atoms with Gasteiger partial charge in [0.1, 0.15) is 23.9 Å². The van der Waals surface area contributed by atoms with Crippen LogP contribution in [0.1, 0.15) is 0 Å². The van der Waals surface area contributed by atoms with Crippen molar-refractivity contribution < 1.29 is 29.2 Å². The number of ether oxygens (including phenoxy) is 4. The lowest BCUT2D eigenvalue weighted by molar-refractivity contribution is 0.233. The Kier molecular flexibility index (Phi) is 4.68. The van der Waals surface area contributed by atoms with E-state index in [-0.39, 0.29) is 11.5 Å². The molecule has 0 fully saturated rings. The predicted molar refractivity (Wildman–Crippen MR) is 109 cm³/mol. The summed E-state index contributed by atoms with van der Waals surface area (Å²) in [5.74, 6) is 2.47. The first-order valence-electron chi connectivity index (χ1n) is 8.92. The van der Waals surface area contributed by atoms with Gasteiger partial charge in [0.05, 0.1) is 19.8 Å². The third kappa shape index (κ3) is 3.29. The van der Waals surface area contributed by atoms with Gasteiger partial charge in [-0.3, -0.25) is 0 Å². The van der Waals surface area contributed by atoms with Crippen molar-refractivity contribution in [1.82, 2.24) is 0 Å². The number of aromatic hydroxyl groups is 2. The third-order valence-corrected chi connectivity index (χ3v) is 4.70. The standard InChI is InChI=1S/C23H20O6/c1-13-12-28-18-9-6-15(10-19(18)29-13)21-20(26-2)11-17(23(27-3)22(21)25)14-4-7-16(24)8-5-14/h4-11,24-25H,1,12H2,2-3H3. The summed E-state index contributed by atoms with van der Waals surface area (Å²) in [4.78, 5) is 0. The van der Waals surface area contributed by atoms with Gasteiger partial charge in [0.15, 0.2) is 23.0 Å². The highest BCUT2D eigenvalue weighted by molar-refractivity contribution is 5.88. The molecular formula is C23H20O6. The van der Waals surface area contributed by atoms with Gasteiger partial charge in [-0.1, -0.05) is 24.8 Å². The minimum atomic E-state index is -0.0644. The van der Waals surface area contributed by atoms with Crippen molar-refractivity contribution in [1.29, 1.82) is 0 Å². The van der Waals surface area contributed by atoms with Gasteiger partial charge in [0.2, 0.25) is 0 Å². The topological polar surface area (TPSA) is 77.4 Å². The van der Waals surface area contributed by atoms with E-state index in [2.05, 4.69) is 6.58 Å². The number of hydrogen-bond donors (Lipinski definition) is 2. The highest BCUT2D eigenvalue weighted by Gasteiger charge is 2.23. The van der Waals surface area contributed by atoms with E-state index >= 15 is 0 Å². The summed E-state index contributed by atoms with van der Waals surface area (Å²) in [6.45, 7) is 4.09. The minimum absolute atomic E-state index is 0.0644. The molecule has 4 rings (SSSR count). The van der Waals surface area contributed by atoms with Crippen LogP contribution in [0.15, 0.2) is 60.9 Å². The Morgan fingerprint density at radius 1 is 0.897 bits per heavy atom. The maximum Gasteiger partial charge on any atom is 0.170 e. The van der Waals surface area contributed by atoms with Gasteiger partial charge in [0.25, 0.3) is 0 Å². The SMILES string of the molecule is C=C1COc2ccc(-c3c(OC)cc(-c4ccc(O)cc4)c(OC)c3O)cc2O1. The second-order valence-corrected chi connectivity index (χ2v) is 6.52. The van der Waals surface area contributed by atoms with Crippen LogP contribution in [0.25, 0.3) is 22.3 Å². The van der Waals surface area contributed by atoms with Gasteiger partial charge in [-0.2, -0.15) is 0 Å². The Labute approximate surface area is 168 Å². The molecule has 0 amide bonds. The Bertz CT molecular complexity index is 1090. The number of fused-ring (bicyclic) bond motifs is 1. The zero-order valence-electron chi connectivity index (χ0n) is 16.1. The van der Waals surface area contributed by atoms with Crippen LogP contribution in [0.2, 0.25) is 0 Å². The second-order valence-electron chi connectivity index (χ2n) is 6.52. The molecule has 0 saturated carbocycles. The van der Waals surface area contributed by atoms with Crippen LogP contribution >= 0.6 is 0 Å². The molecule has 0 radical (unpaired) electrons. The highest BCUT2D eigenvalue weighted by atomic mass is 16.6. The Hall–Kier alpha value is -3.80. The van der Waals surface area contributed by atoms with E-state index in [1.165, 1.54) is 14.2 Å². The molecule has 6 heteroatoms. The fraction of sp³-hybridized carbons (Fsp3) is 0.130. The zero-order valence-corrected chi connectivity index (χ0v) is 16.1. The number of methoxy groups -OCH3 is 2. The Morgan fingerprint density at radius 2 is 1.62 bits per heavy atom. The molecule has 3 aromatic carbocycles. The van der Waals surface area contributed by atoms with E-state index < -0.39 is 0 Å². The molecule has 0 spiro atoms. The zero-order chi connectivity index (χ0) is 20.5. The third-order valence-electron chi connectivity index (χ3n) is 4.70. The van der Waals surface area contributed by atoms with Crippen molar-refractivity contribution in [2.75, 3.05) is 20.8 Å². The number of hydrogen-bond acceptors (Lipinski definition) is 6. The molecule has 0 bridgehead atoms. The molecule has 3 aromatic rings. The number of phenols is 2. The van der Waals surface area contributed by atoms with Gasteiger partial charge in [-0.25, -0.2) is 0 Å². The molecule has 2 N–H and O–H groups in total. The fourth-order valence-electron chi connectivity index (χ4n) is 3.33. The highest BCUT2D eigenvalue weighted by Crippen LogP contribution is 2.50. The van der Waals surface area contributed by atoms with Crippen LogP contribution in [-0.4, -0.2) is 31.0 Å². The van der Waals surface area contributed by atoms with E-state index in [9.17, 15) is 10.2 Å². The number of benzene rings is 3. The van der Waals surface area contributed by atoms with Crippen LogP contribution in [0.3, 0.4) is 0 Å². The van der Waals surface area contributed by atoms with Gasteiger partial charge in [-0.15, -0.1) is 0 Å². The molecule has 0 aliphatic carbocycles. The van der Waals surface area contributed by atoms with Crippen molar-refractivity contribution in [2.45, 2.75) is 0 Å². The largest absolute Gasteiger partial charge is 0.508 e. The maximum atomic E-state index is 11.1. The second kappa shape index (κ2) is 7.31. The summed E-state index contributed by atoms with van der Waals surface area (Å²) in [6.07, 6.45) is 0. The lowest BCUT2D eigenvalue weighted by Crippen LogP contribution is -2.12. The molecule has 0 unspecified atom stereocenters. The average molecular weight is 392 g/mol. The van der Waals surface area contributed by atoms with Gasteiger partial charge in [0, 0.05) is 5.56 Å². The lowest BCUT2D eigenvalue weighted by Gasteiger charge is -2.22. The van der Waals surface area contributed by atoms with Gasteiger partial charge in [-0.05, 0) is 41.5 Å². The van der Waals surface area contributed by atoms with Crippen molar-refractivity contribution in [3.05, 3.63) is 60.9 Å². The van der Waals surface area contributed by atoms with Crippen LogP contribution < -0.4 is 18.9 Å². The first kappa shape index (κ1) is 18.6. The molecule has 1 heterocycles. The summed E-state index contributed by atoms with van der Waals surface area (Å²) in [6, 6.07) is 13.7.